The predicted molar refractivity (Wildman–Crippen MR) is 68.7 cm³/mol. The van der Waals surface area contributed by atoms with Gasteiger partial charge in [-0.2, -0.15) is 0 Å². The second-order valence-corrected chi connectivity index (χ2v) is 4.73. The average Bonchev–Trinajstić information content (AvgIpc) is 2.75. The molecule has 0 saturated heterocycles. The standard InChI is InChI=1S/C12H13N3O2S/c1-8-13-12(15-14-8)18-11(16)7-9-3-5-10(17-2)6-4-9/h3-6H,7H2,1-2H3,(H,13,14,15). The summed E-state index contributed by atoms with van der Waals surface area (Å²) in [6.07, 6.45) is 0.349. The van der Waals surface area contributed by atoms with Crippen molar-refractivity contribution >= 4 is 16.9 Å². The van der Waals surface area contributed by atoms with Crippen LogP contribution in [0.2, 0.25) is 0 Å². The van der Waals surface area contributed by atoms with Crippen molar-refractivity contribution in [3.63, 3.8) is 0 Å². The molecule has 0 unspecified atom stereocenters. The van der Waals surface area contributed by atoms with Gasteiger partial charge in [0.05, 0.1) is 7.11 Å². The quantitative estimate of drug-likeness (QED) is 0.854. The van der Waals surface area contributed by atoms with Crippen molar-refractivity contribution < 1.29 is 9.53 Å². The van der Waals surface area contributed by atoms with Gasteiger partial charge in [0, 0.05) is 6.42 Å². The van der Waals surface area contributed by atoms with E-state index >= 15 is 0 Å². The maximum atomic E-state index is 11.8. The lowest BCUT2D eigenvalue weighted by Gasteiger charge is -2.01. The summed E-state index contributed by atoms with van der Waals surface area (Å²) >= 11 is 1.05. The Labute approximate surface area is 109 Å². The molecule has 0 aliphatic rings. The summed E-state index contributed by atoms with van der Waals surface area (Å²) < 4.78 is 5.06. The SMILES string of the molecule is COc1ccc(CC(=O)Sc2n[nH]c(C)n2)cc1. The van der Waals surface area contributed by atoms with Crippen molar-refractivity contribution in [2.75, 3.05) is 7.11 Å². The van der Waals surface area contributed by atoms with Gasteiger partial charge in [-0.15, -0.1) is 5.10 Å². The summed E-state index contributed by atoms with van der Waals surface area (Å²) in [7, 11) is 1.61. The first-order valence-electron chi connectivity index (χ1n) is 5.40. The molecule has 18 heavy (non-hydrogen) atoms. The van der Waals surface area contributed by atoms with Crippen molar-refractivity contribution in [2.24, 2.45) is 0 Å². The van der Waals surface area contributed by atoms with Crippen LogP contribution in [0.1, 0.15) is 11.4 Å². The topological polar surface area (TPSA) is 67.9 Å². The number of carbonyl (C=O) groups is 1. The molecule has 0 aliphatic heterocycles. The molecular weight excluding hydrogens is 250 g/mol. The van der Waals surface area contributed by atoms with E-state index in [0.29, 0.717) is 17.4 Å². The molecule has 2 aromatic rings. The van der Waals surface area contributed by atoms with Gasteiger partial charge in [0.1, 0.15) is 11.6 Å². The molecule has 0 radical (unpaired) electrons. The number of nitrogens with zero attached hydrogens (tertiary/aromatic N) is 2. The largest absolute Gasteiger partial charge is 0.497 e. The van der Waals surface area contributed by atoms with E-state index < -0.39 is 0 Å². The van der Waals surface area contributed by atoms with Gasteiger partial charge >= 0.3 is 0 Å². The molecule has 0 fully saturated rings. The van der Waals surface area contributed by atoms with Crippen molar-refractivity contribution in [1.82, 2.24) is 15.2 Å². The molecule has 2 rings (SSSR count). The monoisotopic (exact) mass is 263 g/mol. The van der Waals surface area contributed by atoms with Gasteiger partial charge in [-0.3, -0.25) is 9.89 Å². The molecule has 5 nitrogen and oxygen atoms in total. The highest BCUT2D eigenvalue weighted by molar-refractivity contribution is 8.13. The van der Waals surface area contributed by atoms with Crippen molar-refractivity contribution in [1.29, 1.82) is 0 Å². The van der Waals surface area contributed by atoms with Crippen LogP contribution in [0.5, 0.6) is 5.75 Å². The Morgan fingerprint density at radius 3 is 2.67 bits per heavy atom. The zero-order valence-electron chi connectivity index (χ0n) is 10.1. The molecule has 0 aliphatic carbocycles. The minimum Gasteiger partial charge on any atom is -0.497 e. The van der Waals surface area contributed by atoms with E-state index in [-0.39, 0.29) is 5.12 Å². The lowest BCUT2D eigenvalue weighted by atomic mass is 10.2. The molecule has 0 atom stereocenters. The molecule has 94 valence electrons. The number of nitrogens with one attached hydrogen (secondary N) is 1. The number of hydrogen-bond donors (Lipinski definition) is 1. The summed E-state index contributed by atoms with van der Waals surface area (Å²) in [4.78, 5) is 15.9. The summed E-state index contributed by atoms with van der Waals surface area (Å²) in [5.41, 5.74) is 0.945. The van der Waals surface area contributed by atoms with Gasteiger partial charge in [-0.1, -0.05) is 12.1 Å². The van der Waals surface area contributed by atoms with E-state index in [2.05, 4.69) is 15.2 Å². The van der Waals surface area contributed by atoms with Crippen LogP contribution in [0.25, 0.3) is 0 Å². The lowest BCUT2D eigenvalue weighted by Crippen LogP contribution is -1.98. The van der Waals surface area contributed by atoms with Gasteiger partial charge in [0.25, 0.3) is 0 Å². The number of ether oxygens (including phenoxy) is 1. The van der Waals surface area contributed by atoms with E-state index in [1.165, 1.54) is 0 Å². The van der Waals surface area contributed by atoms with Gasteiger partial charge in [0.15, 0.2) is 0 Å². The third-order valence-electron chi connectivity index (χ3n) is 2.29. The Bertz CT molecular complexity index is 537. The highest BCUT2D eigenvalue weighted by atomic mass is 32.2. The fraction of sp³-hybridized carbons (Fsp3) is 0.250. The number of carbonyl (C=O) groups excluding carboxylic acids is 1. The van der Waals surface area contributed by atoms with Crippen LogP contribution in [-0.4, -0.2) is 27.4 Å². The fourth-order valence-electron chi connectivity index (χ4n) is 1.42. The minimum absolute atomic E-state index is 0.0131. The van der Waals surface area contributed by atoms with E-state index in [4.69, 9.17) is 4.74 Å². The zero-order chi connectivity index (χ0) is 13.0. The molecule has 6 heteroatoms. The summed E-state index contributed by atoms with van der Waals surface area (Å²) in [5, 5.41) is 7.09. The lowest BCUT2D eigenvalue weighted by molar-refractivity contribution is -0.110. The van der Waals surface area contributed by atoms with E-state index in [1.807, 2.05) is 24.3 Å². The van der Waals surface area contributed by atoms with E-state index in [0.717, 1.165) is 23.1 Å². The first-order chi connectivity index (χ1) is 8.67. The number of aryl methyl sites for hydroxylation is 1. The van der Waals surface area contributed by atoms with Crippen LogP contribution < -0.4 is 4.74 Å². The molecule has 1 aromatic heterocycles. The molecule has 1 N–H and O–H groups in total. The van der Waals surface area contributed by atoms with E-state index in [9.17, 15) is 4.79 Å². The van der Waals surface area contributed by atoms with Gasteiger partial charge < -0.3 is 4.74 Å². The number of H-pyrrole nitrogens is 1. The van der Waals surface area contributed by atoms with Crippen LogP contribution in [0, 0.1) is 6.92 Å². The Morgan fingerprint density at radius 2 is 2.11 bits per heavy atom. The molecular formula is C12H13N3O2S. The van der Waals surface area contributed by atoms with Gasteiger partial charge in [-0.25, -0.2) is 4.98 Å². The second-order valence-electron chi connectivity index (χ2n) is 3.70. The molecule has 0 bridgehead atoms. The molecule has 0 saturated carbocycles. The van der Waals surface area contributed by atoms with Crippen LogP contribution in [-0.2, 0) is 11.2 Å². The third kappa shape index (κ3) is 3.33. The fourth-order valence-corrected chi connectivity index (χ4v) is 2.13. The summed E-state index contributed by atoms with van der Waals surface area (Å²) in [5.74, 6) is 1.48. The first kappa shape index (κ1) is 12.6. The molecule has 1 aromatic carbocycles. The maximum absolute atomic E-state index is 11.8. The predicted octanol–water partition coefficient (Wildman–Crippen LogP) is 1.98. The second kappa shape index (κ2) is 5.68. The van der Waals surface area contributed by atoms with Crippen molar-refractivity contribution in [3.05, 3.63) is 35.7 Å². The van der Waals surface area contributed by atoms with Crippen molar-refractivity contribution in [3.8, 4) is 5.75 Å². The van der Waals surface area contributed by atoms with Crippen LogP contribution in [0.15, 0.2) is 29.4 Å². The van der Waals surface area contributed by atoms with E-state index in [1.54, 1.807) is 14.0 Å². The Balaban J connectivity index is 1.94. The normalized spacial score (nSPS) is 10.3. The first-order valence-corrected chi connectivity index (χ1v) is 6.21. The van der Waals surface area contributed by atoms with Gasteiger partial charge in [0.2, 0.25) is 10.3 Å². The number of methoxy groups -OCH3 is 1. The summed E-state index contributed by atoms with van der Waals surface area (Å²) in [6, 6.07) is 7.43. The Kier molecular flexibility index (Phi) is 3.99. The minimum atomic E-state index is 0.0131. The smallest absolute Gasteiger partial charge is 0.216 e. The van der Waals surface area contributed by atoms with Crippen LogP contribution in [0.3, 0.4) is 0 Å². The maximum Gasteiger partial charge on any atom is 0.216 e. The van der Waals surface area contributed by atoms with Crippen molar-refractivity contribution in [2.45, 2.75) is 18.5 Å². The Hall–Kier alpha value is -1.82. The number of rotatable bonds is 4. The van der Waals surface area contributed by atoms with Gasteiger partial charge in [-0.05, 0) is 36.4 Å². The average molecular weight is 263 g/mol. The zero-order valence-corrected chi connectivity index (χ0v) is 11.0. The highest BCUT2D eigenvalue weighted by Gasteiger charge is 2.09. The highest BCUT2D eigenvalue weighted by Crippen LogP contribution is 2.18. The number of thioether (sulfide) groups is 1. The Morgan fingerprint density at radius 1 is 1.39 bits per heavy atom. The molecule has 0 amide bonds. The number of benzene rings is 1. The number of aromatic nitrogens is 3. The number of hydrogen-bond acceptors (Lipinski definition) is 5. The third-order valence-corrected chi connectivity index (χ3v) is 3.03. The van der Waals surface area contributed by atoms with Crippen LogP contribution in [0.4, 0.5) is 0 Å². The number of aromatic amines is 1. The molecule has 1 heterocycles. The molecule has 0 spiro atoms. The van der Waals surface area contributed by atoms with Crippen LogP contribution >= 0.6 is 11.8 Å². The summed E-state index contributed by atoms with van der Waals surface area (Å²) in [6.45, 7) is 1.80.